The summed E-state index contributed by atoms with van der Waals surface area (Å²) in [5, 5.41) is 13.2. The lowest BCUT2D eigenvalue weighted by atomic mass is 10.0. The number of benzene rings is 2. The monoisotopic (exact) mass is 640 g/mol. The largest absolute Gasteiger partial charge is 0.497 e. The van der Waals surface area contributed by atoms with E-state index in [4.69, 9.17) is 14.2 Å². The molecule has 0 fully saturated rings. The quantitative estimate of drug-likeness (QED) is 0.338. The maximum atomic E-state index is 14.3. The molecule has 0 saturated carbocycles. The van der Waals surface area contributed by atoms with Gasteiger partial charge in [0.2, 0.25) is 5.91 Å². The van der Waals surface area contributed by atoms with Crippen molar-refractivity contribution in [2.24, 2.45) is 5.92 Å². The first-order valence-corrected chi connectivity index (χ1v) is 16.6. The first-order valence-electron chi connectivity index (χ1n) is 16.6. The predicted octanol–water partition coefficient (Wildman–Crippen LogP) is 4.90. The summed E-state index contributed by atoms with van der Waals surface area (Å²) in [5.41, 5.74) is 2.09. The predicted molar refractivity (Wildman–Crippen MR) is 183 cm³/mol. The van der Waals surface area contributed by atoms with Gasteiger partial charge in [-0.1, -0.05) is 19.1 Å². The number of carbonyl (C=O) groups is 2. The van der Waals surface area contributed by atoms with Crippen LogP contribution in [0.1, 0.15) is 68.8 Å². The Morgan fingerprint density at radius 2 is 1.87 bits per heavy atom. The smallest absolute Gasteiger partial charge is 0.258 e. The molecule has 2 aromatic rings. The van der Waals surface area contributed by atoms with Gasteiger partial charge < -0.3 is 34.4 Å². The van der Waals surface area contributed by atoms with Gasteiger partial charge in [-0.25, -0.2) is 0 Å². The number of carbonyl (C=O) groups excluding carboxylic acids is 2. The number of anilines is 1. The van der Waals surface area contributed by atoms with Crippen molar-refractivity contribution in [1.29, 1.82) is 0 Å². The van der Waals surface area contributed by atoms with Gasteiger partial charge in [0.25, 0.3) is 5.91 Å². The van der Waals surface area contributed by atoms with Crippen LogP contribution in [0.5, 0.6) is 11.5 Å². The van der Waals surface area contributed by atoms with E-state index in [1.807, 2.05) is 45.0 Å². The summed E-state index contributed by atoms with van der Waals surface area (Å²) in [6, 6.07) is 12.9. The standard InChI is InChI=1S/C36H56N4O6/c1-26-22-40(27(2)25-41)36(43)32-21-30(37-35(42)12-10-19-38(4)5)15-18-33(32)46-28(3)11-8-9-20-45-34(26)24-39(6)23-29-13-16-31(44-7)17-14-29/h13-18,21,26-28,34,41H,8-12,19-20,22-25H2,1-7H3,(H,37,42)/t26-,27-,28+,34+/m0/s1. The molecular formula is C36H56N4O6. The second-order valence-electron chi connectivity index (χ2n) is 13.0. The fourth-order valence-corrected chi connectivity index (χ4v) is 5.66. The second kappa shape index (κ2) is 18.8. The summed E-state index contributed by atoms with van der Waals surface area (Å²) in [7, 11) is 7.70. The molecule has 256 valence electrons. The van der Waals surface area contributed by atoms with E-state index in [0.717, 1.165) is 44.5 Å². The van der Waals surface area contributed by atoms with Crippen molar-refractivity contribution < 1.29 is 28.9 Å². The van der Waals surface area contributed by atoms with Crippen molar-refractivity contribution in [1.82, 2.24) is 14.7 Å². The minimum Gasteiger partial charge on any atom is -0.497 e. The Labute approximate surface area is 276 Å². The molecule has 46 heavy (non-hydrogen) atoms. The first kappa shape index (κ1) is 37.3. The van der Waals surface area contributed by atoms with Crippen molar-refractivity contribution in [3.63, 3.8) is 0 Å². The Hall–Kier alpha value is -3.18. The van der Waals surface area contributed by atoms with E-state index >= 15 is 0 Å². The van der Waals surface area contributed by atoms with Crippen LogP contribution in [0.2, 0.25) is 0 Å². The number of hydrogen-bond acceptors (Lipinski definition) is 8. The molecule has 2 amide bonds. The topological polar surface area (TPSA) is 104 Å². The molecule has 0 bridgehead atoms. The van der Waals surface area contributed by atoms with Crippen molar-refractivity contribution in [3.05, 3.63) is 53.6 Å². The third kappa shape index (κ3) is 11.9. The minimum atomic E-state index is -0.435. The number of likely N-dealkylation sites (N-methyl/N-ethyl adjacent to an activating group) is 1. The zero-order chi connectivity index (χ0) is 33.6. The summed E-state index contributed by atoms with van der Waals surface area (Å²) in [6.07, 6.45) is 3.53. The van der Waals surface area contributed by atoms with E-state index in [0.29, 0.717) is 43.1 Å². The molecule has 10 nitrogen and oxygen atoms in total. The SMILES string of the molecule is COc1ccc(CN(C)C[C@H]2OCCCC[C@@H](C)Oc3ccc(NC(=O)CCCN(C)C)cc3C(=O)N([C@@H](C)CO)C[C@@H]2C)cc1. The Bertz CT molecular complexity index is 1220. The molecule has 0 spiro atoms. The second-order valence-corrected chi connectivity index (χ2v) is 13.0. The average molecular weight is 641 g/mol. The molecule has 4 atom stereocenters. The van der Waals surface area contributed by atoms with E-state index < -0.39 is 6.04 Å². The highest BCUT2D eigenvalue weighted by atomic mass is 16.5. The average Bonchev–Trinajstić information content (AvgIpc) is 3.02. The number of fused-ring (bicyclic) bond motifs is 1. The van der Waals surface area contributed by atoms with Crippen LogP contribution in [0, 0.1) is 5.92 Å². The molecule has 2 aromatic carbocycles. The highest BCUT2D eigenvalue weighted by molar-refractivity contribution is 5.99. The number of rotatable bonds is 12. The van der Waals surface area contributed by atoms with E-state index in [1.54, 1.807) is 30.2 Å². The van der Waals surface area contributed by atoms with Gasteiger partial charge >= 0.3 is 0 Å². The molecule has 10 heteroatoms. The minimum absolute atomic E-state index is 0.0258. The third-order valence-electron chi connectivity index (χ3n) is 8.45. The lowest BCUT2D eigenvalue weighted by molar-refractivity contribution is -0.116. The third-order valence-corrected chi connectivity index (χ3v) is 8.45. The first-order chi connectivity index (χ1) is 22.0. The summed E-state index contributed by atoms with van der Waals surface area (Å²) in [6.45, 7) is 9.03. The van der Waals surface area contributed by atoms with Gasteiger partial charge in [-0.2, -0.15) is 0 Å². The van der Waals surface area contributed by atoms with Crippen LogP contribution in [0.3, 0.4) is 0 Å². The summed E-state index contributed by atoms with van der Waals surface area (Å²) < 4.78 is 18.1. The van der Waals surface area contributed by atoms with Crippen LogP contribution in [-0.2, 0) is 16.1 Å². The van der Waals surface area contributed by atoms with E-state index in [2.05, 4.69) is 36.3 Å². The Morgan fingerprint density at radius 1 is 1.13 bits per heavy atom. The van der Waals surface area contributed by atoms with Crippen LogP contribution < -0.4 is 14.8 Å². The summed E-state index contributed by atoms with van der Waals surface area (Å²) in [4.78, 5) is 33.0. The summed E-state index contributed by atoms with van der Waals surface area (Å²) >= 11 is 0. The number of aliphatic hydroxyl groups excluding tert-OH is 1. The molecule has 1 aliphatic heterocycles. The van der Waals surface area contributed by atoms with Crippen LogP contribution in [0.4, 0.5) is 5.69 Å². The number of ether oxygens (including phenoxy) is 3. The molecule has 1 aliphatic rings. The van der Waals surface area contributed by atoms with Crippen LogP contribution >= 0.6 is 0 Å². The van der Waals surface area contributed by atoms with Crippen LogP contribution in [-0.4, -0.2) is 111 Å². The van der Waals surface area contributed by atoms with Gasteiger partial charge in [-0.15, -0.1) is 0 Å². The van der Waals surface area contributed by atoms with Crippen LogP contribution in [0.15, 0.2) is 42.5 Å². The normalized spacial score (nSPS) is 20.5. The fourth-order valence-electron chi connectivity index (χ4n) is 5.66. The van der Waals surface area contributed by atoms with Crippen molar-refractivity contribution in [3.8, 4) is 11.5 Å². The lowest BCUT2D eigenvalue weighted by Gasteiger charge is -2.36. The van der Waals surface area contributed by atoms with E-state index in [9.17, 15) is 14.7 Å². The van der Waals surface area contributed by atoms with E-state index in [1.165, 1.54) is 5.56 Å². The molecule has 0 radical (unpaired) electrons. The Morgan fingerprint density at radius 3 is 2.54 bits per heavy atom. The zero-order valence-corrected chi connectivity index (χ0v) is 29.0. The lowest BCUT2D eigenvalue weighted by Crippen LogP contribution is -2.47. The number of methoxy groups -OCH3 is 1. The van der Waals surface area contributed by atoms with Crippen molar-refractivity contribution in [2.45, 2.75) is 77.7 Å². The number of nitrogens with one attached hydrogen (secondary N) is 1. The van der Waals surface area contributed by atoms with Crippen LogP contribution in [0.25, 0.3) is 0 Å². The van der Waals surface area contributed by atoms with Crippen molar-refractivity contribution in [2.75, 3.05) is 66.4 Å². The Kier molecular flexibility index (Phi) is 15.3. The molecule has 0 saturated heterocycles. The molecule has 0 aliphatic carbocycles. The summed E-state index contributed by atoms with van der Waals surface area (Å²) in [5.74, 6) is 0.934. The zero-order valence-electron chi connectivity index (χ0n) is 29.0. The molecular weight excluding hydrogens is 584 g/mol. The van der Waals surface area contributed by atoms with Gasteiger partial charge in [0.15, 0.2) is 0 Å². The number of amides is 2. The molecule has 0 aromatic heterocycles. The van der Waals surface area contributed by atoms with Gasteiger partial charge in [-0.05, 0) is 103 Å². The molecule has 3 rings (SSSR count). The molecule has 1 heterocycles. The highest BCUT2D eigenvalue weighted by Crippen LogP contribution is 2.29. The van der Waals surface area contributed by atoms with Gasteiger partial charge in [0.05, 0.1) is 37.5 Å². The number of nitrogens with zero attached hydrogens (tertiary/aromatic N) is 3. The van der Waals surface area contributed by atoms with Gasteiger partial charge in [0, 0.05) is 44.3 Å². The van der Waals surface area contributed by atoms with Crippen molar-refractivity contribution >= 4 is 17.5 Å². The van der Waals surface area contributed by atoms with Gasteiger partial charge in [-0.3, -0.25) is 14.5 Å². The molecule has 0 unspecified atom stereocenters. The maximum absolute atomic E-state index is 14.3. The Balaban J connectivity index is 1.85. The highest BCUT2D eigenvalue weighted by Gasteiger charge is 2.30. The fraction of sp³-hybridized carbons (Fsp3) is 0.611. The number of hydrogen-bond donors (Lipinski definition) is 2. The molecule has 2 N–H and O–H groups in total. The maximum Gasteiger partial charge on any atom is 0.258 e. The van der Waals surface area contributed by atoms with E-state index in [-0.39, 0.29) is 36.5 Å². The van der Waals surface area contributed by atoms with Gasteiger partial charge in [0.1, 0.15) is 11.5 Å². The number of aliphatic hydroxyl groups is 1.